The van der Waals surface area contributed by atoms with E-state index in [1.54, 1.807) is 24.9 Å². The van der Waals surface area contributed by atoms with E-state index in [9.17, 15) is 13.2 Å². The van der Waals surface area contributed by atoms with Gasteiger partial charge in [0.25, 0.3) is 15.0 Å². The monoisotopic (exact) mass is 303 g/mol. The fraction of sp³-hybridized carbons (Fsp3) is 0.462. The molecule has 106 valence electrons. The number of unbranched alkanes of at least 4 members (excludes halogenated alkanes) is 1. The topological polar surface area (TPSA) is 54.5 Å². The molecule has 0 heterocycles. The zero-order chi connectivity index (χ0) is 14.6. The van der Waals surface area contributed by atoms with Crippen molar-refractivity contribution >= 4 is 25.6 Å². The third-order valence-electron chi connectivity index (χ3n) is 2.91. The van der Waals surface area contributed by atoms with Gasteiger partial charge < -0.3 is 4.90 Å². The van der Waals surface area contributed by atoms with Gasteiger partial charge in [-0.1, -0.05) is 19.4 Å². The molecular weight excluding hydrogens is 286 g/mol. The largest absolute Gasteiger partial charge is 0.342 e. The van der Waals surface area contributed by atoms with Gasteiger partial charge in [0, 0.05) is 29.8 Å². The fourth-order valence-electron chi connectivity index (χ4n) is 1.69. The summed E-state index contributed by atoms with van der Waals surface area (Å²) in [6.07, 6.45) is 1.90. The molecule has 1 amide bonds. The van der Waals surface area contributed by atoms with E-state index in [2.05, 4.69) is 0 Å². The van der Waals surface area contributed by atoms with Crippen LogP contribution in [0.3, 0.4) is 0 Å². The maximum absolute atomic E-state index is 12.2. The Kier molecular flexibility index (Phi) is 5.38. The smallest absolute Gasteiger partial charge is 0.261 e. The maximum atomic E-state index is 12.2. The van der Waals surface area contributed by atoms with Gasteiger partial charge in [0.1, 0.15) is 0 Å². The second kappa shape index (κ2) is 6.39. The minimum absolute atomic E-state index is 0.0491. The van der Waals surface area contributed by atoms with Crippen LogP contribution in [0.15, 0.2) is 23.1 Å². The first-order valence-electron chi connectivity index (χ1n) is 6.08. The van der Waals surface area contributed by atoms with Gasteiger partial charge in [-0.05, 0) is 31.0 Å². The molecule has 0 aromatic heterocycles. The van der Waals surface area contributed by atoms with Crippen LogP contribution in [0.1, 0.15) is 35.7 Å². The number of benzene rings is 1. The summed E-state index contributed by atoms with van der Waals surface area (Å²) in [6, 6.07) is 4.33. The maximum Gasteiger partial charge on any atom is 0.261 e. The lowest BCUT2D eigenvalue weighted by atomic mass is 10.1. The van der Waals surface area contributed by atoms with Crippen LogP contribution in [-0.4, -0.2) is 32.8 Å². The third-order valence-corrected chi connectivity index (χ3v) is 4.27. The van der Waals surface area contributed by atoms with Crippen molar-refractivity contribution in [3.8, 4) is 0 Å². The minimum Gasteiger partial charge on any atom is -0.342 e. The molecule has 4 nitrogen and oxygen atoms in total. The lowest BCUT2D eigenvalue weighted by Gasteiger charge is -2.18. The molecule has 0 saturated heterocycles. The Morgan fingerprint density at radius 3 is 2.53 bits per heavy atom. The van der Waals surface area contributed by atoms with Gasteiger partial charge in [0.15, 0.2) is 0 Å². The first-order valence-corrected chi connectivity index (χ1v) is 8.39. The fourth-order valence-corrected chi connectivity index (χ4v) is 2.46. The standard InChI is InChI=1S/C13H18ClNO3S/c1-4-5-8-15(3)13(16)12-9-11(19(14,17)18)7-6-10(12)2/h6-7,9H,4-5,8H2,1-3H3. The van der Waals surface area contributed by atoms with Crippen LogP contribution < -0.4 is 0 Å². The molecule has 1 rings (SSSR count). The van der Waals surface area contributed by atoms with Crippen molar-refractivity contribution in [2.24, 2.45) is 0 Å². The second-order valence-corrected chi connectivity index (χ2v) is 7.06. The number of hydrogen-bond donors (Lipinski definition) is 0. The molecule has 1 aromatic carbocycles. The highest BCUT2D eigenvalue weighted by Gasteiger charge is 2.18. The number of aryl methyl sites for hydroxylation is 1. The molecule has 0 aliphatic heterocycles. The van der Waals surface area contributed by atoms with Crippen molar-refractivity contribution in [3.63, 3.8) is 0 Å². The summed E-state index contributed by atoms with van der Waals surface area (Å²) in [5.41, 5.74) is 1.11. The summed E-state index contributed by atoms with van der Waals surface area (Å²) in [7, 11) is 3.19. The average molecular weight is 304 g/mol. The SMILES string of the molecule is CCCCN(C)C(=O)c1cc(S(=O)(=O)Cl)ccc1C. The average Bonchev–Trinajstić information content (AvgIpc) is 2.34. The molecule has 0 spiro atoms. The Labute approximate surface area is 118 Å². The first-order chi connectivity index (χ1) is 8.77. The quantitative estimate of drug-likeness (QED) is 0.786. The van der Waals surface area contributed by atoms with Crippen LogP contribution in [0.2, 0.25) is 0 Å². The highest BCUT2D eigenvalue weighted by Crippen LogP contribution is 2.20. The predicted octanol–water partition coefficient (Wildman–Crippen LogP) is 2.79. The molecule has 0 N–H and O–H groups in total. The molecule has 1 aromatic rings. The molecule has 0 aliphatic carbocycles. The number of amides is 1. The molecule has 6 heteroatoms. The van der Waals surface area contributed by atoms with Gasteiger partial charge in [0.05, 0.1) is 4.90 Å². The Bertz CT molecular complexity index is 569. The molecule has 0 atom stereocenters. The summed E-state index contributed by atoms with van der Waals surface area (Å²) in [5.74, 6) is -0.187. The Morgan fingerprint density at radius 2 is 2.00 bits per heavy atom. The minimum atomic E-state index is -3.82. The van der Waals surface area contributed by atoms with Gasteiger partial charge in [0.2, 0.25) is 0 Å². The molecule has 19 heavy (non-hydrogen) atoms. The van der Waals surface area contributed by atoms with Gasteiger partial charge in [-0.15, -0.1) is 0 Å². The van der Waals surface area contributed by atoms with E-state index in [1.807, 2.05) is 6.92 Å². The van der Waals surface area contributed by atoms with E-state index in [-0.39, 0.29) is 10.8 Å². The number of halogens is 1. The van der Waals surface area contributed by atoms with Gasteiger partial charge in [-0.25, -0.2) is 8.42 Å². The van der Waals surface area contributed by atoms with E-state index < -0.39 is 9.05 Å². The van der Waals surface area contributed by atoms with Crippen LogP contribution >= 0.6 is 10.7 Å². The van der Waals surface area contributed by atoms with E-state index in [0.29, 0.717) is 12.1 Å². The number of carbonyl (C=O) groups excluding carboxylic acids is 1. The third kappa shape index (κ3) is 4.21. The number of rotatable bonds is 5. The van der Waals surface area contributed by atoms with Crippen molar-refractivity contribution in [1.82, 2.24) is 4.90 Å². The molecule has 0 saturated carbocycles. The Balaban J connectivity index is 3.09. The van der Waals surface area contributed by atoms with Crippen LogP contribution in [0.4, 0.5) is 0 Å². The van der Waals surface area contributed by atoms with E-state index in [1.165, 1.54) is 12.1 Å². The highest BCUT2D eigenvalue weighted by molar-refractivity contribution is 8.13. The van der Waals surface area contributed by atoms with Crippen molar-refractivity contribution in [2.75, 3.05) is 13.6 Å². The summed E-state index contributed by atoms with van der Waals surface area (Å²) >= 11 is 0. The summed E-state index contributed by atoms with van der Waals surface area (Å²) < 4.78 is 22.6. The van der Waals surface area contributed by atoms with Crippen LogP contribution in [-0.2, 0) is 9.05 Å². The summed E-state index contributed by atoms with van der Waals surface area (Å²) in [4.78, 5) is 13.8. The zero-order valence-electron chi connectivity index (χ0n) is 11.3. The van der Waals surface area contributed by atoms with Crippen molar-refractivity contribution < 1.29 is 13.2 Å². The number of hydrogen-bond acceptors (Lipinski definition) is 3. The Morgan fingerprint density at radius 1 is 1.37 bits per heavy atom. The number of carbonyl (C=O) groups is 1. The lowest BCUT2D eigenvalue weighted by Crippen LogP contribution is -2.28. The molecule has 0 fully saturated rings. The van der Waals surface area contributed by atoms with E-state index >= 15 is 0 Å². The lowest BCUT2D eigenvalue weighted by molar-refractivity contribution is 0.0792. The van der Waals surface area contributed by atoms with Crippen LogP contribution in [0.25, 0.3) is 0 Å². The molecule has 0 bridgehead atoms. The Hall–Kier alpha value is -1.07. The summed E-state index contributed by atoms with van der Waals surface area (Å²) in [6.45, 7) is 4.46. The highest BCUT2D eigenvalue weighted by atomic mass is 35.7. The predicted molar refractivity (Wildman–Crippen MR) is 76.1 cm³/mol. The van der Waals surface area contributed by atoms with Crippen molar-refractivity contribution in [2.45, 2.75) is 31.6 Å². The van der Waals surface area contributed by atoms with Crippen molar-refractivity contribution in [3.05, 3.63) is 29.3 Å². The van der Waals surface area contributed by atoms with E-state index in [0.717, 1.165) is 18.4 Å². The van der Waals surface area contributed by atoms with Crippen LogP contribution in [0, 0.1) is 6.92 Å². The van der Waals surface area contributed by atoms with Gasteiger partial charge in [-0.2, -0.15) is 0 Å². The second-order valence-electron chi connectivity index (χ2n) is 4.49. The molecule has 0 radical (unpaired) electrons. The zero-order valence-corrected chi connectivity index (χ0v) is 12.9. The van der Waals surface area contributed by atoms with Gasteiger partial charge >= 0.3 is 0 Å². The molecule has 0 unspecified atom stereocenters. The van der Waals surface area contributed by atoms with Crippen LogP contribution in [0.5, 0.6) is 0 Å². The number of nitrogens with zero attached hydrogens (tertiary/aromatic N) is 1. The molecular formula is C13H18ClNO3S. The van der Waals surface area contributed by atoms with E-state index in [4.69, 9.17) is 10.7 Å². The van der Waals surface area contributed by atoms with Crippen molar-refractivity contribution in [1.29, 1.82) is 0 Å². The first kappa shape index (κ1) is 16.0. The molecule has 0 aliphatic rings. The van der Waals surface area contributed by atoms with Gasteiger partial charge in [-0.3, -0.25) is 4.79 Å². The normalized spacial score (nSPS) is 11.4. The summed E-state index contributed by atoms with van der Waals surface area (Å²) in [5, 5.41) is 0.